The standard InChI is InChI=1S/C13H9F6NOS/c1-6-10(22-13(18,19)11(14)12(15,16)17)9(21)7-4-2-3-5-8(7)20-6/h2-5,11H,1H3,(H,20,21)/t11-/m0/s1. The molecule has 22 heavy (non-hydrogen) atoms. The topological polar surface area (TPSA) is 32.9 Å². The van der Waals surface area contributed by atoms with E-state index in [0.29, 0.717) is 5.52 Å². The number of para-hydroxylation sites is 1. The van der Waals surface area contributed by atoms with Gasteiger partial charge in [-0.3, -0.25) is 4.79 Å². The molecule has 0 radical (unpaired) electrons. The van der Waals surface area contributed by atoms with Crippen molar-refractivity contribution in [2.75, 3.05) is 0 Å². The van der Waals surface area contributed by atoms with Crippen molar-refractivity contribution in [1.82, 2.24) is 4.98 Å². The van der Waals surface area contributed by atoms with Gasteiger partial charge >= 0.3 is 11.4 Å². The number of alkyl halides is 6. The third-order valence-corrected chi connectivity index (χ3v) is 4.04. The number of hydrogen-bond acceptors (Lipinski definition) is 2. The smallest absolute Gasteiger partial charge is 0.357 e. The summed E-state index contributed by atoms with van der Waals surface area (Å²) in [4.78, 5) is 14.1. The number of halogens is 6. The SMILES string of the molecule is Cc1[nH]c2ccccc2c(=O)c1SC(F)(F)[C@@H](F)C(F)(F)F. The fourth-order valence-electron chi connectivity index (χ4n) is 1.84. The highest BCUT2D eigenvalue weighted by molar-refractivity contribution is 8.00. The van der Waals surface area contributed by atoms with Crippen molar-refractivity contribution in [1.29, 1.82) is 0 Å². The van der Waals surface area contributed by atoms with Crippen LogP contribution in [0.5, 0.6) is 0 Å². The molecule has 0 unspecified atom stereocenters. The lowest BCUT2D eigenvalue weighted by Gasteiger charge is -2.22. The van der Waals surface area contributed by atoms with E-state index in [9.17, 15) is 31.1 Å². The van der Waals surface area contributed by atoms with Crippen molar-refractivity contribution < 1.29 is 26.3 Å². The van der Waals surface area contributed by atoms with Crippen LogP contribution in [0.1, 0.15) is 5.69 Å². The van der Waals surface area contributed by atoms with Crippen LogP contribution < -0.4 is 5.43 Å². The maximum Gasteiger partial charge on any atom is 0.426 e. The number of aryl methyl sites for hydroxylation is 1. The normalized spacial score (nSPS) is 14.3. The molecule has 1 aromatic heterocycles. The monoisotopic (exact) mass is 341 g/mol. The number of pyridine rings is 1. The Morgan fingerprint density at radius 1 is 1.14 bits per heavy atom. The van der Waals surface area contributed by atoms with Crippen molar-refractivity contribution in [2.24, 2.45) is 0 Å². The molecular formula is C13H9F6NOS. The van der Waals surface area contributed by atoms with Crippen LogP contribution in [-0.2, 0) is 0 Å². The summed E-state index contributed by atoms with van der Waals surface area (Å²) in [6, 6.07) is 5.93. The van der Waals surface area contributed by atoms with E-state index in [1.807, 2.05) is 0 Å². The minimum Gasteiger partial charge on any atom is -0.357 e. The number of aromatic nitrogens is 1. The Hall–Kier alpha value is -1.64. The van der Waals surface area contributed by atoms with E-state index < -0.39 is 39.7 Å². The molecule has 0 fully saturated rings. The van der Waals surface area contributed by atoms with Gasteiger partial charge in [0.1, 0.15) is 0 Å². The van der Waals surface area contributed by atoms with E-state index >= 15 is 0 Å². The zero-order valence-electron chi connectivity index (χ0n) is 11.0. The number of rotatable bonds is 3. The average Bonchev–Trinajstić information content (AvgIpc) is 2.41. The quantitative estimate of drug-likeness (QED) is 0.662. The molecule has 9 heteroatoms. The molecule has 1 atom stereocenters. The largest absolute Gasteiger partial charge is 0.426 e. The molecule has 0 aliphatic heterocycles. The van der Waals surface area contributed by atoms with Crippen LogP contribution in [0.15, 0.2) is 34.0 Å². The molecule has 0 amide bonds. The van der Waals surface area contributed by atoms with Crippen LogP contribution in [0.3, 0.4) is 0 Å². The van der Waals surface area contributed by atoms with E-state index in [1.54, 1.807) is 6.07 Å². The molecule has 0 spiro atoms. The first-order chi connectivity index (χ1) is 10.0. The molecule has 1 N–H and O–H groups in total. The summed E-state index contributed by atoms with van der Waals surface area (Å²) in [5.74, 6) is 0. The number of nitrogens with one attached hydrogen (secondary N) is 1. The Balaban J connectivity index is 2.50. The Morgan fingerprint density at radius 3 is 2.32 bits per heavy atom. The van der Waals surface area contributed by atoms with Gasteiger partial charge in [0.2, 0.25) is 5.43 Å². The second-order valence-corrected chi connectivity index (χ2v) is 5.68. The molecule has 0 aliphatic rings. The molecule has 0 bridgehead atoms. The van der Waals surface area contributed by atoms with Gasteiger partial charge in [-0.2, -0.15) is 22.0 Å². The first kappa shape index (κ1) is 16.7. The molecule has 0 aliphatic carbocycles. The van der Waals surface area contributed by atoms with Gasteiger partial charge in [0, 0.05) is 16.6 Å². The van der Waals surface area contributed by atoms with Gasteiger partial charge in [0.15, 0.2) is 0 Å². The average molecular weight is 341 g/mol. The van der Waals surface area contributed by atoms with Crippen LogP contribution >= 0.6 is 11.8 Å². The number of hydrogen-bond donors (Lipinski definition) is 1. The summed E-state index contributed by atoms with van der Waals surface area (Å²) in [6.45, 7) is 1.26. The second-order valence-electron chi connectivity index (χ2n) is 4.52. The number of thioether (sulfide) groups is 1. The minimum atomic E-state index is -5.71. The van der Waals surface area contributed by atoms with Crippen molar-refractivity contribution in [3.63, 3.8) is 0 Å². The lowest BCUT2D eigenvalue weighted by atomic mass is 10.2. The van der Waals surface area contributed by atoms with Gasteiger partial charge in [-0.1, -0.05) is 12.1 Å². The molecular weight excluding hydrogens is 332 g/mol. The Morgan fingerprint density at radius 2 is 1.73 bits per heavy atom. The zero-order valence-corrected chi connectivity index (χ0v) is 11.8. The van der Waals surface area contributed by atoms with Crippen LogP contribution in [0.25, 0.3) is 10.9 Å². The summed E-state index contributed by atoms with van der Waals surface area (Å²) in [7, 11) is 0. The molecule has 0 saturated heterocycles. The first-order valence-electron chi connectivity index (χ1n) is 5.93. The highest BCUT2D eigenvalue weighted by Crippen LogP contribution is 2.45. The van der Waals surface area contributed by atoms with Crippen LogP contribution in [0.4, 0.5) is 26.3 Å². The molecule has 0 saturated carbocycles. The highest BCUT2D eigenvalue weighted by atomic mass is 32.2. The van der Waals surface area contributed by atoms with E-state index in [0.717, 1.165) is 0 Å². The first-order valence-corrected chi connectivity index (χ1v) is 6.75. The Labute approximate surface area is 124 Å². The van der Waals surface area contributed by atoms with Crippen molar-refractivity contribution in [2.45, 2.75) is 29.4 Å². The molecule has 1 aromatic carbocycles. The summed E-state index contributed by atoms with van der Waals surface area (Å²) < 4.78 is 76.3. The molecule has 2 aromatic rings. The van der Waals surface area contributed by atoms with E-state index in [4.69, 9.17) is 0 Å². The predicted molar refractivity (Wildman–Crippen MR) is 71.1 cm³/mol. The lowest BCUT2D eigenvalue weighted by molar-refractivity contribution is -0.219. The van der Waals surface area contributed by atoms with Gasteiger partial charge in [-0.25, -0.2) is 4.39 Å². The van der Waals surface area contributed by atoms with Gasteiger partial charge in [-0.15, -0.1) is 0 Å². The molecule has 1 heterocycles. The van der Waals surface area contributed by atoms with Crippen molar-refractivity contribution in [3.05, 3.63) is 40.2 Å². The molecule has 2 rings (SSSR count). The summed E-state index contributed by atoms with van der Waals surface area (Å²) >= 11 is -0.723. The van der Waals surface area contributed by atoms with E-state index in [-0.39, 0.29) is 11.1 Å². The Kier molecular flexibility index (Phi) is 4.20. The van der Waals surface area contributed by atoms with Crippen LogP contribution in [-0.4, -0.2) is 22.6 Å². The number of benzene rings is 1. The van der Waals surface area contributed by atoms with Crippen LogP contribution in [0.2, 0.25) is 0 Å². The number of H-pyrrole nitrogens is 1. The van der Waals surface area contributed by atoms with E-state index in [2.05, 4.69) is 4.98 Å². The highest BCUT2D eigenvalue weighted by Gasteiger charge is 2.57. The predicted octanol–water partition coefficient (Wildman–Crippen LogP) is 4.42. The van der Waals surface area contributed by atoms with Crippen LogP contribution in [0, 0.1) is 6.92 Å². The minimum absolute atomic E-state index is 0.0359. The second kappa shape index (κ2) is 5.53. The molecule has 2 nitrogen and oxygen atoms in total. The summed E-state index contributed by atoms with van der Waals surface area (Å²) in [5.41, 5.74) is -0.570. The fourth-order valence-corrected chi connectivity index (χ4v) is 2.76. The lowest BCUT2D eigenvalue weighted by Crippen LogP contribution is -2.39. The van der Waals surface area contributed by atoms with Gasteiger partial charge in [0.05, 0.1) is 4.90 Å². The van der Waals surface area contributed by atoms with Gasteiger partial charge < -0.3 is 4.98 Å². The van der Waals surface area contributed by atoms with Crippen molar-refractivity contribution in [3.8, 4) is 0 Å². The number of aromatic amines is 1. The van der Waals surface area contributed by atoms with Gasteiger partial charge in [-0.05, 0) is 30.8 Å². The number of fused-ring (bicyclic) bond motifs is 1. The summed E-state index contributed by atoms with van der Waals surface area (Å²) in [6.07, 6.45) is -10.1. The maximum absolute atomic E-state index is 13.5. The van der Waals surface area contributed by atoms with E-state index in [1.165, 1.54) is 25.1 Å². The third kappa shape index (κ3) is 3.08. The van der Waals surface area contributed by atoms with Gasteiger partial charge in [0.25, 0.3) is 6.17 Å². The zero-order chi connectivity index (χ0) is 16.7. The third-order valence-electron chi connectivity index (χ3n) is 2.86. The Bertz CT molecular complexity index is 754. The summed E-state index contributed by atoms with van der Waals surface area (Å²) in [5, 5.41) is -4.77. The molecule has 120 valence electrons. The fraction of sp³-hybridized carbons (Fsp3) is 0.308. The van der Waals surface area contributed by atoms with Crippen molar-refractivity contribution >= 4 is 22.7 Å². The maximum atomic E-state index is 13.5.